The van der Waals surface area contributed by atoms with Gasteiger partial charge < -0.3 is 19.3 Å². The predicted molar refractivity (Wildman–Crippen MR) is 108 cm³/mol. The number of aliphatic hydroxyl groups is 1. The van der Waals surface area contributed by atoms with Crippen molar-refractivity contribution in [3.05, 3.63) is 18.2 Å². The molecule has 0 heterocycles. The first-order valence-corrected chi connectivity index (χ1v) is 10.2. The number of ether oxygens (including phenoxy) is 3. The van der Waals surface area contributed by atoms with Crippen molar-refractivity contribution in [2.45, 2.75) is 65.4 Å². The normalized spacial score (nSPS) is 35.2. The van der Waals surface area contributed by atoms with Crippen molar-refractivity contribution in [3.63, 3.8) is 0 Å². The van der Waals surface area contributed by atoms with Crippen LogP contribution in [0.1, 0.15) is 59.8 Å². The molecule has 2 unspecified atom stereocenters. The fourth-order valence-corrected chi connectivity index (χ4v) is 6.04. The van der Waals surface area contributed by atoms with Crippen LogP contribution in [0.25, 0.3) is 0 Å². The molecule has 1 aromatic rings. The molecule has 152 valence electrons. The molecule has 0 saturated heterocycles. The first-order chi connectivity index (χ1) is 12.6. The minimum Gasteiger partial charge on any atom is -0.496 e. The van der Waals surface area contributed by atoms with Crippen LogP contribution in [0.2, 0.25) is 0 Å². The van der Waals surface area contributed by atoms with Gasteiger partial charge in [0.25, 0.3) is 0 Å². The van der Waals surface area contributed by atoms with Crippen molar-refractivity contribution in [1.82, 2.24) is 0 Å². The van der Waals surface area contributed by atoms with Crippen LogP contribution in [-0.2, 0) is 0 Å². The lowest BCUT2D eigenvalue weighted by Crippen LogP contribution is -2.59. The lowest BCUT2D eigenvalue weighted by Gasteiger charge is -2.60. The highest BCUT2D eigenvalue weighted by Crippen LogP contribution is 2.61. The Labute approximate surface area is 164 Å². The zero-order valence-corrected chi connectivity index (χ0v) is 17.8. The second kappa shape index (κ2) is 7.20. The highest BCUT2D eigenvalue weighted by atomic mass is 16.5. The smallest absolute Gasteiger partial charge is 0.126 e. The number of hydrogen-bond donors (Lipinski definition) is 1. The molecular weight excluding hydrogens is 340 g/mol. The van der Waals surface area contributed by atoms with E-state index in [9.17, 15) is 5.11 Å². The van der Waals surface area contributed by atoms with Crippen LogP contribution in [0, 0.1) is 22.7 Å². The fraction of sp³-hybridized carbons (Fsp3) is 0.739. The molecule has 0 aromatic heterocycles. The molecule has 2 aliphatic rings. The third-order valence-electron chi connectivity index (χ3n) is 7.50. The molecule has 4 nitrogen and oxygen atoms in total. The zero-order valence-electron chi connectivity index (χ0n) is 17.8. The zero-order chi connectivity index (χ0) is 19.9. The first kappa shape index (κ1) is 20.3. The van der Waals surface area contributed by atoms with Gasteiger partial charge in [0.1, 0.15) is 17.2 Å². The van der Waals surface area contributed by atoms with Crippen molar-refractivity contribution < 1.29 is 19.3 Å². The second-order valence-electron chi connectivity index (χ2n) is 9.71. The number of benzene rings is 1. The Morgan fingerprint density at radius 2 is 1.52 bits per heavy atom. The molecule has 27 heavy (non-hydrogen) atoms. The van der Waals surface area contributed by atoms with E-state index in [1.165, 1.54) is 12.8 Å². The standard InChI is InChI=1S/C23H36O4/c1-21(2)9-7-10-22(3)19(21)8-11-23(4,24)20(22)15-27-18-13-16(25-5)12-17(14-18)26-6/h12-14,19-20,24H,7-11,15H2,1-6H3/t19?,20?,22-,23+/m0/s1. The van der Waals surface area contributed by atoms with Gasteiger partial charge in [0.2, 0.25) is 0 Å². The summed E-state index contributed by atoms with van der Waals surface area (Å²) in [5.74, 6) is 2.86. The van der Waals surface area contributed by atoms with Gasteiger partial charge in [-0.05, 0) is 49.4 Å². The monoisotopic (exact) mass is 376 g/mol. The van der Waals surface area contributed by atoms with Crippen molar-refractivity contribution in [2.24, 2.45) is 22.7 Å². The van der Waals surface area contributed by atoms with E-state index < -0.39 is 5.60 Å². The average Bonchev–Trinajstić information content (AvgIpc) is 2.59. The van der Waals surface area contributed by atoms with Crippen LogP contribution < -0.4 is 14.2 Å². The summed E-state index contributed by atoms with van der Waals surface area (Å²) in [6, 6.07) is 5.60. The van der Waals surface area contributed by atoms with Crippen molar-refractivity contribution in [2.75, 3.05) is 20.8 Å². The summed E-state index contributed by atoms with van der Waals surface area (Å²) in [6.07, 6.45) is 5.59. The number of hydrogen-bond acceptors (Lipinski definition) is 4. The molecular formula is C23H36O4. The van der Waals surface area contributed by atoms with Gasteiger partial charge in [0.15, 0.2) is 0 Å². The van der Waals surface area contributed by atoms with E-state index in [2.05, 4.69) is 20.8 Å². The summed E-state index contributed by atoms with van der Waals surface area (Å²) in [7, 11) is 3.28. The number of fused-ring (bicyclic) bond motifs is 1. The Morgan fingerprint density at radius 1 is 0.926 bits per heavy atom. The Hall–Kier alpha value is -1.42. The molecule has 4 atom stereocenters. The molecule has 2 saturated carbocycles. The van der Waals surface area contributed by atoms with E-state index in [0.29, 0.717) is 29.4 Å². The fourth-order valence-electron chi connectivity index (χ4n) is 6.04. The molecule has 0 bridgehead atoms. The first-order valence-electron chi connectivity index (χ1n) is 10.2. The Balaban J connectivity index is 1.85. The van der Waals surface area contributed by atoms with E-state index in [1.54, 1.807) is 14.2 Å². The van der Waals surface area contributed by atoms with Crippen LogP contribution in [0.3, 0.4) is 0 Å². The summed E-state index contributed by atoms with van der Waals surface area (Å²) in [6.45, 7) is 9.69. The van der Waals surface area contributed by atoms with Crippen molar-refractivity contribution in [1.29, 1.82) is 0 Å². The molecule has 2 fully saturated rings. The minimum absolute atomic E-state index is 0.0897. The SMILES string of the molecule is COc1cc(OC)cc(OCC2[C@@]3(C)CCCC(C)(C)C3CC[C@@]2(C)O)c1. The summed E-state index contributed by atoms with van der Waals surface area (Å²) < 4.78 is 16.9. The van der Waals surface area contributed by atoms with Crippen LogP contribution in [0.4, 0.5) is 0 Å². The maximum atomic E-state index is 11.3. The quantitative estimate of drug-likeness (QED) is 0.779. The third kappa shape index (κ3) is 3.78. The predicted octanol–water partition coefficient (Wildman–Crippen LogP) is 5.08. The van der Waals surface area contributed by atoms with E-state index in [-0.39, 0.29) is 11.3 Å². The van der Waals surface area contributed by atoms with Crippen LogP contribution in [-0.4, -0.2) is 31.5 Å². The maximum absolute atomic E-state index is 11.3. The van der Waals surface area contributed by atoms with E-state index in [1.807, 2.05) is 25.1 Å². The molecule has 3 rings (SSSR count). The van der Waals surface area contributed by atoms with E-state index in [4.69, 9.17) is 14.2 Å². The Bertz CT molecular complexity index is 644. The largest absolute Gasteiger partial charge is 0.496 e. The third-order valence-corrected chi connectivity index (χ3v) is 7.50. The lowest BCUT2D eigenvalue weighted by atomic mass is 9.46. The molecule has 4 heteroatoms. The molecule has 0 spiro atoms. The molecule has 0 radical (unpaired) electrons. The summed E-state index contributed by atoms with van der Waals surface area (Å²) in [5, 5.41) is 11.3. The van der Waals surface area contributed by atoms with E-state index >= 15 is 0 Å². The highest BCUT2D eigenvalue weighted by molar-refractivity contribution is 5.42. The maximum Gasteiger partial charge on any atom is 0.126 e. The molecule has 0 aliphatic heterocycles. The molecule has 1 N–H and O–H groups in total. The van der Waals surface area contributed by atoms with Gasteiger partial charge in [-0.15, -0.1) is 0 Å². The van der Waals surface area contributed by atoms with Gasteiger partial charge in [-0.25, -0.2) is 0 Å². The van der Waals surface area contributed by atoms with Gasteiger partial charge in [0.05, 0.1) is 26.4 Å². The molecule has 2 aliphatic carbocycles. The van der Waals surface area contributed by atoms with Gasteiger partial charge in [-0.2, -0.15) is 0 Å². The Morgan fingerprint density at radius 3 is 2.11 bits per heavy atom. The topological polar surface area (TPSA) is 47.9 Å². The summed E-state index contributed by atoms with van der Waals surface area (Å²) >= 11 is 0. The van der Waals surface area contributed by atoms with Crippen molar-refractivity contribution in [3.8, 4) is 17.2 Å². The van der Waals surface area contributed by atoms with Gasteiger partial charge in [0, 0.05) is 24.1 Å². The van der Waals surface area contributed by atoms with Gasteiger partial charge >= 0.3 is 0 Å². The molecule has 1 aromatic carbocycles. The average molecular weight is 377 g/mol. The lowest BCUT2D eigenvalue weighted by molar-refractivity contribution is -0.176. The van der Waals surface area contributed by atoms with Gasteiger partial charge in [-0.1, -0.05) is 27.2 Å². The summed E-state index contributed by atoms with van der Waals surface area (Å²) in [4.78, 5) is 0. The highest BCUT2D eigenvalue weighted by Gasteiger charge is 2.58. The molecule has 0 amide bonds. The van der Waals surface area contributed by atoms with Crippen LogP contribution in [0.5, 0.6) is 17.2 Å². The second-order valence-corrected chi connectivity index (χ2v) is 9.71. The Kier molecular flexibility index (Phi) is 5.42. The van der Waals surface area contributed by atoms with E-state index in [0.717, 1.165) is 25.0 Å². The minimum atomic E-state index is -0.707. The summed E-state index contributed by atoms with van der Waals surface area (Å²) in [5.41, 5.74) is -0.297. The van der Waals surface area contributed by atoms with Gasteiger partial charge in [-0.3, -0.25) is 0 Å². The van der Waals surface area contributed by atoms with Crippen LogP contribution in [0.15, 0.2) is 18.2 Å². The van der Waals surface area contributed by atoms with Crippen molar-refractivity contribution >= 4 is 0 Å². The number of rotatable bonds is 5. The van der Waals surface area contributed by atoms with Crippen LogP contribution >= 0.6 is 0 Å². The number of methoxy groups -OCH3 is 2.